The van der Waals surface area contributed by atoms with Crippen molar-refractivity contribution in [1.29, 1.82) is 0 Å². The summed E-state index contributed by atoms with van der Waals surface area (Å²) in [6.07, 6.45) is 1.04. The van der Waals surface area contributed by atoms with Crippen molar-refractivity contribution in [3.63, 3.8) is 0 Å². The molecule has 160 valence electrons. The molecule has 0 atom stereocenters. The van der Waals surface area contributed by atoms with Gasteiger partial charge in [-0.15, -0.1) is 0 Å². The molecular weight excluding hydrogens is 400 g/mol. The minimum Gasteiger partial charge on any atom is -0.352 e. The van der Waals surface area contributed by atoms with Crippen molar-refractivity contribution >= 4 is 29.1 Å². The largest absolute Gasteiger partial charge is 0.352 e. The van der Waals surface area contributed by atoms with Gasteiger partial charge in [0.15, 0.2) is 0 Å². The van der Waals surface area contributed by atoms with E-state index in [0.29, 0.717) is 64.2 Å². The fraction of sp³-hybridized carbons (Fsp3) is 0.409. The number of amides is 3. The molecule has 0 radical (unpaired) electrons. The summed E-state index contributed by atoms with van der Waals surface area (Å²) in [5, 5.41) is 9.45. The van der Waals surface area contributed by atoms with Crippen molar-refractivity contribution < 1.29 is 14.4 Å². The van der Waals surface area contributed by atoms with E-state index in [1.807, 2.05) is 46.0 Å². The second-order valence-corrected chi connectivity index (χ2v) is 8.07. The second kappa shape index (κ2) is 11.5. The molecule has 0 saturated carbocycles. The maximum Gasteiger partial charge on any atom is 0.252 e. The van der Waals surface area contributed by atoms with Crippen LogP contribution in [0.3, 0.4) is 0 Å². The molecule has 8 heteroatoms. The first kappa shape index (κ1) is 22.0. The van der Waals surface area contributed by atoms with Gasteiger partial charge in [0.05, 0.1) is 6.54 Å². The number of rotatable bonds is 9. The lowest BCUT2D eigenvalue weighted by molar-refractivity contribution is -0.133. The maximum absolute atomic E-state index is 12.4. The van der Waals surface area contributed by atoms with Crippen LogP contribution in [-0.2, 0) is 16.1 Å². The van der Waals surface area contributed by atoms with Gasteiger partial charge in [0.25, 0.3) is 5.91 Å². The van der Waals surface area contributed by atoms with E-state index in [0.717, 1.165) is 5.56 Å². The minimum atomic E-state index is -0.0946. The third-order valence-corrected chi connectivity index (χ3v) is 5.74. The van der Waals surface area contributed by atoms with E-state index in [1.165, 1.54) is 11.3 Å². The number of thiophene rings is 1. The highest BCUT2D eigenvalue weighted by Crippen LogP contribution is 2.07. The van der Waals surface area contributed by atoms with E-state index in [1.54, 1.807) is 6.07 Å². The molecule has 2 heterocycles. The minimum absolute atomic E-state index is 0.00000606. The van der Waals surface area contributed by atoms with Gasteiger partial charge in [-0.05, 0) is 23.4 Å². The Hall–Kier alpha value is -2.71. The van der Waals surface area contributed by atoms with Gasteiger partial charge in [0.1, 0.15) is 0 Å². The Kier molecular flexibility index (Phi) is 8.41. The molecular formula is C22H28N4O3S. The Morgan fingerprint density at radius 2 is 1.73 bits per heavy atom. The maximum atomic E-state index is 12.4. The molecule has 1 fully saturated rings. The molecule has 2 N–H and O–H groups in total. The Bertz CT molecular complexity index is 818. The van der Waals surface area contributed by atoms with Gasteiger partial charge >= 0.3 is 0 Å². The number of nitrogens with one attached hydrogen (secondary N) is 2. The first-order valence-electron chi connectivity index (χ1n) is 10.2. The first-order chi connectivity index (χ1) is 14.6. The lowest BCUT2D eigenvalue weighted by Gasteiger charge is -2.34. The molecule has 1 aliphatic heterocycles. The van der Waals surface area contributed by atoms with Crippen molar-refractivity contribution in [3.8, 4) is 0 Å². The van der Waals surface area contributed by atoms with Crippen LogP contribution >= 0.6 is 11.3 Å². The summed E-state index contributed by atoms with van der Waals surface area (Å²) in [6.45, 7) is 4.02. The van der Waals surface area contributed by atoms with E-state index in [-0.39, 0.29) is 17.7 Å². The SMILES string of the molecule is O=C(CN1CCN(C(=O)CCCNC(=O)c2ccsc2)CC1)NCc1ccccc1. The highest BCUT2D eigenvalue weighted by molar-refractivity contribution is 7.08. The molecule has 0 spiro atoms. The van der Waals surface area contributed by atoms with Crippen molar-refractivity contribution in [1.82, 2.24) is 20.4 Å². The number of benzene rings is 1. The van der Waals surface area contributed by atoms with E-state index in [2.05, 4.69) is 15.5 Å². The monoisotopic (exact) mass is 428 g/mol. The lowest BCUT2D eigenvalue weighted by Crippen LogP contribution is -2.51. The number of carbonyl (C=O) groups excluding carboxylic acids is 3. The fourth-order valence-corrected chi connectivity index (χ4v) is 3.94. The standard InChI is InChI=1S/C22H28N4O3S/c27-20(24-15-18-5-2-1-3-6-18)16-25-10-12-26(13-11-25)21(28)7-4-9-23-22(29)19-8-14-30-17-19/h1-3,5-6,8,14,17H,4,7,9-13,15-16H2,(H,23,29)(H,24,27). The van der Waals surface area contributed by atoms with E-state index in [4.69, 9.17) is 0 Å². The average Bonchev–Trinajstić information content (AvgIpc) is 3.31. The van der Waals surface area contributed by atoms with Crippen LogP contribution in [0.15, 0.2) is 47.2 Å². The van der Waals surface area contributed by atoms with Crippen LogP contribution in [0.4, 0.5) is 0 Å². The van der Waals surface area contributed by atoms with Gasteiger partial charge in [-0.2, -0.15) is 11.3 Å². The molecule has 0 bridgehead atoms. The summed E-state index contributed by atoms with van der Waals surface area (Å²) in [6, 6.07) is 11.6. The zero-order chi connectivity index (χ0) is 21.2. The zero-order valence-corrected chi connectivity index (χ0v) is 17.8. The predicted octanol–water partition coefficient (Wildman–Crippen LogP) is 1.72. The molecule has 3 rings (SSSR count). The Labute approximate surface area is 181 Å². The lowest BCUT2D eigenvalue weighted by atomic mass is 10.2. The van der Waals surface area contributed by atoms with Gasteiger partial charge in [0, 0.05) is 56.6 Å². The zero-order valence-electron chi connectivity index (χ0n) is 17.0. The van der Waals surface area contributed by atoms with Crippen LogP contribution in [0.25, 0.3) is 0 Å². The topological polar surface area (TPSA) is 81.8 Å². The van der Waals surface area contributed by atoms with Gasteiger partial charge < -0.3 is 15.5 Å². The molecule has 1 aromatic carbocycles. The Balaban J connectivity index is 1.27. The molecule has 2 aromatic rings. The van der Waals surface area contributed by atoms with E-state index >= 15 is 0 Å². The third-order valence-electron chi connectivity index (χ3n) is 5.06. The smallest absolute Gasteiger partial charge is 0.252 e. The van der Waals surface area contributed by atoms with Gasteiger partial charge in [0.2, 0.25) is 11.8 Å². The molecule has 1 saturated heterocycles. The Morgan fingerprint density at radius 1 is 0.967 bits per heavy atom. The van der Waals surface area contributed by atoms with Crippen molar-refractivity contribution in [2.45, 2.75) is 19.4 Å². The summed E-state index contributed by atoms with van der Waals surface area (Å²) >= 11 is 1.49. The van der Waals surface area contributed by atoms with Crippen molar-refractivity contribution in [2.24, 2.45) is 0 Å². The summed E-state index contributed by atoms with van der Waals surface area (Å²) in [4.78, 5) is 40.3. The van der Waals surface area contributed by atoms with Crippen molar-refractivity contribution in [2.75, 3.05) is 39.3 Å². The van der Waals surface area contributed by atoms with Crippen LogP contribution in [0.5, 0.6) is 0 Å². The average molecular weight is 429 g/mol. The van der Waals surface area contributed by atoms with Gasteiger partial charge in [-0.3, -0.25) is 19.3 Å². The first-order valence-corrected chi connectivity index (χ1v) is 11.2. The number of carbonyl (C=O) groups is 3. The number of piperazine rings is 1. The quantitative estimate of drug-likeness (QED) is 0.596. The van der Waals surface area contributed by atoms with Crippen LogP contribution in [0.1, 0.15) is 28.8 Å². The highest BCUT2D eigenvalue weighted by atomic mass is 32.1. The Morgan fingerprint density at radius 3 is 2.43 bits per heavy atom. The molecule has 0 unspecified atom stereocenters. The number of hydrogen-bond acceptors (Lipinski definition) is 5. The molecule has 1 aliphatic rings. The van der Waals surface area contributed by atoms with Crippen LogP contribution in [0, 0.1) is 0 Å². The van der Waals surface area contributed by atoms with Crippen LogP contribution in [0.2, 0.25) is 0 Å². The van der Waals surface area contributed by atoms with Gasteiger partial charge in [-0.1, -0.05) is 30.3 Å². The molecule has 30 heavy (non-hydrogen) atoms. The van der Waals surface area contributed by atoms with E-state index < -0.39 is 0 Å². The van der Waals surface area contributed by atoms with Crippen LogP contribution in [-0.4, -0.2) is 66.8 Å². The summed E-state index contributed by atoms with van der Waals surface area (Å²) < 4.78 is 0. The van der Waals surface area contributed by atoms with Gasteiger partial charge in [-0.25, -0.2) is 0 Å². The normalized spacial score (nSPS) is 14.3. The van der Waals surface area contributed by atoms with Crippen LogP contribution < -0.4 is 10.6 Å². The highest BCUT2D eigenvalue weighted by Gasteiger charge is 2.22. The summed E-state index contributed by atoms with van der Waals surface area (Å²) in [5.41, 5.74) is 1.74. The predicted molar refractivity (Wildman–Crippen MR) is 117 cm³/mol. The third kappa shape index (κ3) is 6.96. The number of nitrogens with zero attached hydrogens (tertiary/aromatic N) is 2. The molecule has 1 aromatic heterocycles. The second-order valence-electron chi connectivity index (χ2n) is 7.29. The molecule has 0 aliphatic carbocycles. The summed E-state index contributed by atoms with van der Waals surface area (Å²) in [7, 11) is 0. The molecule has 3 amide bonds. The van der Waals surface area contributed by atoms with E-state index in [9.17, 15) is 14.4 Å². The number of hydrogen-bond donors (Lipinski definition) is 2. The summed E-state index contributed by atoms with van der Waals surface area (Å²) in [5.74, 6) is 0.0100. The molecule has 7 nitrogen and oxygen atoms in total. The van der Waals surface area contributed by atoms with Crippen molar-refractivity contribution in [3.05, 3.63) is 58.3 Å². The fourth-order valence-electron chi connectivity index (χ4n) is 3.31.